The molecule has 0 fully saturated rings. The molecule has 2 aliphatic carbocycles. The maximum absolute atomic E-state index is 5.43. The zero-order valence-corrected chi connectivity index (χ0v) is 35.0. The molecule has 0 spiro atoms. The molecule has 2 aliphatic rings. The molecule has 3 aromatic heterocycles. The number of nitrogens with zero attached hydrogens (tertiary/aromatic N) is 5. The first-order valence-electron chi connectivity index (χ1n) is 21.5. The molecule has 294 valence electrons. The lowest BCUT2D eigenvalue weighted by Crippen LogP contribution is -2.15. The molecule has 0 unspecified atom stereocenters. The maximum Gasteiger partial charge on any atom is 0.238 e. The highest BCUT2D eigenvalue weighted by atomic mass is 15.2. The zero-order valence-electron chi connectivity index (χ0n) is 35.0. The second-order valence-electron chi connectivity index (χ2n) is 18.1. The summed E-state index contributed by atoms with van der Waals surface area (Å²) in [5, 5.41) is 4.71. The van der Waals surface area contributed by atoms with E-state index < -0.39 is 0 Å². The molecule has 0 saturated heterocycles. The number of aromatic nitrogens is 5. The van der Waals surface area contributed by atoms with Crippen molar-refractivity contribution in [2.45, 2.75) is 38.5 Å². The minimum absolute atomic E-state index is 0.120. The van der Waals surface area contributed by atoms with Gasteiger partial charge in [0.2, 0.25) is 5.95 Å². The van der Waals surface area contributed by atoms with Crippen molar-refractivity contribution in [2.75, 3.05) is 0 Å². The van der Waals surface area contributed by atoms with Crippen LogP contribution in [0.3, 0.4) is 0 Å². The summed E-state index contributed by atoms with van der Waals surface area (Å²) in [6.45, 7) is 9.38. The summed E-state index contributed by atoms with van der Waals surface area (Å²) in [6.07, 6.45) is 0. The summed E-state index contributed by atoms with van der Waals surface area (Å²) in [6, 6.07) is 63.7. The van der Waals surface area contributed by atoms with E-state index in [1.54, 1.807) is 0 Å². The molecule has 13 rings (SSSR count). The fourth-order valence-electron chi connectivity index (χ4n) is 10.9. The molecule has 0 radical (unpaired) electrons. The smallest absolute Gasteiger partial charge is 0.238 e. The number of rotatable bonds is 4. The van der Waals surface area contributed by atoms with E-state index in [-0.39, 0.29) is 10.8 Å². The summed E-state index contributed by atoms with van der Waals surface area (Å²) >= 11 is 0. The quantitative estimate of drug-likeness (QED) is 0.178. The predicted molar refractivity (Wildman–Crippen MR) is 255 cm³/mol. The first kappa shape index (κ1) is 35.2. The number of hydrogen-bond donors (Lipinski definition) is 0. The molecule has 0 N–H and O–H groups in total. The summed E-state index contributed by atoms with van der Waals surface area (Å²) < 4.78 is 4.67. The van der Waals surface area contributed by atoms with E-state index in [0.717, 1.165) is 38.8 Å². The Morgan fingerprint density at radius 2 is 0.839 bits per heavy atom. The van der Waals surface area contributed by atoms with E-state index in [9.17, 15) is 0 Å². The van der Waals surface area contributed by atoms with Gasteiger partial charge in [-0.25, -0.2) is 4.98 Å². The highest BCUT2D eigenvalue weighted by Crippen LogP contribution is 2.52. The maximum atomic E-state index is 5.43. The molecule has 0 amide bonds. The third-order valence-corrected chi connectivity index (χ3v) is 14.0. The lowest BCUT2D eigenvalue weighted by Gasteiger charge is -2.21. The fraction of sp³-hybridized carbons (Fsp3) is 0.105. The normalized spacial score (nSPS) is 14.4. The van der Waals surface area contributed by atoms with Gasteiger partial charge in [0.05, 0.1) is 22.1 Å². The van der Waals surface area contributed by atoms with Gasteiger partial charge in [0.25, 0.3) is 0 Å². The van der Waals surface area contributed by atoms with Crippen LogP contribution in [0.25, 0.3) is 100 Å². The molecule has 0 aliphatic heterocycles. The monoisotopic (exact) mass is 795 g/mol. The van der Waals surface area contributed by atoms with Gasteiger partial charge in [-0.3, -0.25) is 4.57 Å². The van der Waals surface area contributed by atoms with Gasteiger partial charge >= 0.3 is 0 Å². The van der Waals surface area contributed by atoms with E-state index >= 15 is 0 Å². The van der Waals surface area contributed by atoms with Crippen molar-refractivity contribution < 1.29 is 0 Å². The minimum Gasteiger partial charge on any atom is -0.309 e. The first-order chi connectivity index (χ1) is 30.3. The van der Waals surface area contributed by atoms with Gasteiger partial charge in [0, 0.05) is 49.2 Å². The Morgan fingerprint density at radius 3 is 1.50 bits per heavy atom. The number of benzene rings is 8. The van der Waals surface area contributed by atoms with E-state index in [1.165, 1.54) is 66.2 Å². The van der Waals surface area contributed by atoms with Gasteiger partial charge in [-0.05, 0) is 105 Å². The Morgan fingerprint density at radius 1 is 0.339 bits per heavy atom. The van der Waals surface area contributed by atoms with E-state index in [2.05, 4.69) is 195 Å². The molecule has 8 aromatic carbocycles. The second kappa shape index (κ2) is 12.5. The van der Waals surface area contributed by atoms with Gasteiger partial charge < -0.3 is 4.57 Å². The van der Waals surface area contributed by atoms with Crippen LogP contribution in [-0.2, 0) is 10.8 Å². The van der Waals surface area contributed by atoms with Crippen molar-refractivity contribution >= 4 is 43.6 Å². The lowest BCUT2D eigenvalue weighted by atomic mass is 9.82. The predicted octanol–water partition coefficient (Wildman–Crippen LogP) is 14.0. The number of para-hydroxylation sites is 2. The Balaban J connectivity index is 1.07. The van der Waals surface area contributed by atoms with Gasteiger partial charge in [-0.15, -0.1) is 0 Å². The number of fused-ring (bicyclic) bond motifs is 12. The van der Waals surface area contributed by atoms with Gasteiger partial charge in [0.1, 0.15) is 0 Å². The van der Waals surface area contributed by atoms with Gasteiger partial charge in [0.15, 0.2) is 11.6 Å². The Bertz CT molecular complexity index is 3680. The van der Waals surface area contributed by atoms with Crippen LogP contribution in [-0.4, -0.2) is 24.1 Å². The summed E-state index contributed by atoms with van der Waals surface area (Å²) in [5.74, 6) is 1.86. The Kier molecular flexibility index (Phi) is 7.07. The summed E-state index contributed by atoms with van der Waals surface area (Å²) in [7, 11) is 0. The molecule has 0 bridgehead atoms. The lowest BCUT2D eigenvalue weighted by molar-refractivity contribution is 0.661. The van der Waals surface area contributed by atoms with Crippen LogP contribution in [0.4, 0.5) is 0 Å². The van der Waals surface area contributed by atoms with Gasteiger partial charge in [-0.1, -0.05) is 143 Å². The van der Waals surface area contributed by atoms with E-state index in [4.69, 9.17) is 15.0 Å². The van der Waals surface area contributed by atoms with Crippen LogP contribution in [0.5, 0.6) is 0 Å². The molecule has 3 heterocycles. The minimum atomic E-state index is -0.160. The Hall–Kier alpha value is -7.63. The molecular formula is C57H41N5. The topological polar surface area (TPSA) is 48.5 Å². The van der Waals surface area contributed by atoms with E-state index in [0.29, 0.717) is 17.6 Å². The van der Waals surface area contributed by atoms with Crippen molar-refractivity contribution in [3.63, 3.8) is 0 Å². The fourth-order valence-corrected chi connectivity index (χ4v) is 10.9. The molecule has 11 aromatic rings. The summed E-state index contributed by atoms with van der Waals surface area (Å²) in [5.41, 5.74) is 17.8. The largest absolute Gasteiger partial charge is 0.309 e. The molecular weight excluding hydrogens is 755 g/mol. The van der Waals surface area contributed by atoms with Crippen molar-refractivity contribution in [3.05, 3.63) is 198 Å². The van der Waals surface area contributed by atoms with Crippen LogP contribution in [0.1, 0.15) is 49.9 Å². The highest BCUT2D eigenvalue weighted by molar-refractivity contribution is 6.13. The second-order valence-corrected chi connectivity index (χ2v) is 18.1. The third kappa shape index (κ3) is 4.76. The van der Waals surface area contributed by atoms with Crippen molar-refractivity contribution in [3.8, 4) is 56.7 Å². The molecule has 62 heavy (non-hydrogen) atoms. The Labute approximate surface area is 359 Å². The van der Waals surface area contributed by atoms with Gasteiger partial charge in [-0.2, -0.15) is 9.97 Å². The van der Waals surface area contributed by atoms with Crippen molar-refractivity contribution in [1.82, 2.24) is 24.1 Å². The molecule has 0 saturated carbocycles. The average Bonchev–Trinajstić information content (AvgIpc) is 3.96. The molecule has 0 atom stereocenters. The molecule has 5 nitrogen and oxygen atoms in total. The third-order valence-electron chi connectivity index (χ3n) is 14.0. The standard InChI is InChI=1S/C57H41N5/c1-56(2)46-25-15-12-22-38(46)41-31-44-42-29-35(27-28-50(42)61(51(44)32-47(41)56)36-19-9-6-10-20-36)54-58-53(34-17-7-5-8-18-34)59-55(60-54)62-49-26-16-13-23-39(49)43-30-40-37-21-11-14-24-45(37)57(3,4)48(40)33-52(43)62/h5-33H,1-4H3. The SMILES string of the molecule is CC1(C)c2ccccc2-c2cc3c4cc(-c5nc(-c6ccccc6)nc(-n6c7ccccc7c7cc8c(cc76)C(C)(C)c6ccccc6-8)n5)ccc4n(-c4ccccc4)c3cc21. The zero-order chi connectivity index (χ0) is 41.5. The molecule has 5 heteroatoms. The average molecular weight is 796 g/mol. The van der Waals surface area contributed by atoms with Crippen LogP contribution in [0.2, 0.25) is 0 Å². The van der Waals surface area contributed by atoms with Crippen LogP contribution in [0.15, 0.2) is 176 Å². The summed E-state index contributed by atoms with van der Waals surface area (Å²) in [4.78, 5) is 16.0. The van der Waals surface area contributed by atoms with Crippen LogP contribution >= 0.6 is 0 Å². The first-order valence-corrected chi connectivity index (χ1v) is 21.5. The van der Waals surface area contributed by atoms with E-state index in [1.807, 2.05) is 18.2 Å². The van der Waals surface area contributed by atoms with Crippen molar-refractivity contribution in [2.24, 2.45) is 0 Å². The van der Waals surface area contributed by atoms with Crippen LogP contribution < -0.4 is 0 Å². The highest BCUT2D eigenvalue weighted by Gasteiger charge is 2.38. The number of hydrogen-bond acceptors (Lipinski definition) is 3. The van der Waals surface area contributed by atoms with Crippen LogP contribution in [0, 0.1) is 0 Å². The van der Waals surface area contributed by atoms with Crippen molar-refractivity contribution in [1.29, 1.82) is 0 Å².